The number of hydrogen-bond donors (Lipinski definition) is 2. The number of carbonyl (C=O) groups is 2. The Bertz CT molecular complexity index is 1930. The maximum absolute atomic E-state index is 13.8. The van der Waals surface area contributed by atoms with Gasteiger partial charge in [0.1, 0.15) is 5.82 Å². The second kappa shape index (κ2) is 12.2. The van der Waals surface area contributed by atoms with Gasteiger partial charge in [0.05, 0.1) is 22.5 Å². The van der Waals surface area contributed by atoms with Crippen LogP contribution < -0.4 is 11.1 Å². The monoisotopic (exact) mass is 610 g/mol. The molecule has 230 valence electrons. The molecule has 45 heavy (non-hydrogen) atoms. The van der Waals surface area contributed by atoms with Crippen molar-refractivity contribution in [2.24, 2.45) is 11.7 Å². The van der Waals surface area contributed by atoms with Crippen molar-refractivity contribution in [2.45, 2.75) is 52.1 Å². The minimum atomic E-state index is -0.875. The van der Waals surface area contributed by atoms with Gasteiger partial charge in [-0.1, -0.05) is 38.1 Å². The van der Waals surface area contributed by atoms with E-state index in [4.69, 9.17) is 10.7 Å². The molecule has 1 atom stereocenters. The van der Waals surface area contributed by atoms with E-state index in [1.807, 2.05) is 48.9 Å². The molecule has 3 aromatic carbocycles. The molecule has 3 heterocycles. The van der Waals surface area contributed by atoms with E-state index < -0.39 is 17.5 Å². The zero-order chi connectivity index (χ0) is 31.8. The summed E-state index contributed by atoms with van der Waals surface area (Å²) in [5.41, 5.74) is 11.4. The SMILES string of the molecule is CC(C)Cc1nc2c(c(-c3ccc4c(ccn4CCc4ccc(F)c(F)c4)c3)c1C(N)=O)C(=O)N[C@H](Cc1ccc(F)cc1)C2. The quantitative estimate of drug-likeness (QED) is 0.198. The van der Waals surface area contributed by atoms with Crippen molar-refractivity contribution in [3.63, 3.8) is 0 Å². The number of hydrogen-bond acceptors (Lipinski definition) is 3. The van der Waals surface area contributed by atoms with E-state index >= 15 is 0 Å². The van der Waals surface area contributed by atoms with E-state index in [-0.39, 0.29) is 29.2 Å². The Morgan fingerprint density at radius 3 is 2.44 bits per heavy atom. The topological polar surface area (TPSA) is 90.0 Å². The van der Waals surface area contributed by atoms with E-state index in [9.17, 15) is 22.8 Å². The summed E-state index contributed by atoms with van der Waals surface area (Å²) in [7, 11) is 0. The third-order valence-electron chi connectivity index (χ3n) is 8.28. The van der Waals surface area contributed by atoms with Crippen molar-refractivity contribution in [1.29, 1.82) is 0 Å². The summed E-state index contributed by atoms with van der Waals surface area (Å²) >= 11 is 0. The fourth-order valence-corrected chi connectivity index (χ4v) is 6.23. The predicted molar refractivity (Wildman–Crippen MR) is 167 cm³/mol. The van der Waals surface area contributed by atoms with Gasteiger partial charge >= 0.3 is 0 Å². The van der Waals surface area contributed by atoms with Gasteiger partial charge in [0.25, 0.3) is 11.8 Å². The van der Waals surface area contributed by atoms with E-state index in [1.165, 1.54) is 18.2 Å². The number of aromatic nitrogens is 2. The summed E-state index contributed by atoms with van der Waals surface area (Å²) in [6.07, 6.45) is 3.87. The van der Waals surface area contributed by atoms with Crippen molar-refractivity contribution >= 4 is 22.7 Å². The Morgan fingerprint density at radius 2 is 1.73 bits per heavy atom. The van der Waals surface area contributed by atoms with Crippen LogP contribution in [0.5, 0.6) is 0 Å². The Labute approximate surface area is 259 Å². The summed E-state index contributed by atoms with van der Waals surface area (Å²) in [5, 5.41) is 3.96. The molecule has 0 unspecified atom stereocenters. The molecule has 0 saturated carbocycles. The first-order valence-corrected chi connectivity index (χ1v) is 15.0. The number of pyridine rings is 1. The molecular formula is C36H33F3N4O2. The summed E-state index contributed by atoms with van der Waals surface area (Å²) < 4.78 is 42.6. The maximum Gasteiger partial charge on any atom is 0.254 e. The smallest absolute Gasteiger partial charge is 0.254 e. The highest BCUT2D eigenvalue weighted by Gasteiger charge is 2.33. The van der Waals surface area contributed by atoms with Gasteiger partial charge in [-0.3, -0.25) is 14.6 Å². The number of halogens is 3. The van der Waals surface area contributed by atoms with Crippen LogP contribution in [0, 0.1) is 23.4 Å². The number of nitrogens with two attached hydrogens (primary N) is 1. The summed E-state index contributed by atoms with van der Waals surface area (Å²) in [4.78, 5) is 31.7. The lowest BCUT2D eigenvalue weighted by Crippen LogP contribution is -2.44. The van der Waals surface area contributed by atoms with Crippen LogP contribution in [0.15, 0.2) is 72.9 Å². The van der Waals surface area contributed by atoms with E-state index in [1.54, 1.807) is 18.2 Å². The Balaban J connectivity index is 1.39. The molecule has 6 nitrogen and oxygen atoms in total. The summed E-state index contributed by atoms with van der Waals surface area (Å²) in [5.74, 6) is -2.88. The molecule has 6 rings (SSSR count). The van der Waals surface area contributed by atoms with Crippen molar-refractivity contribution in [1.82, 2.24) is 14.9 Å². The van der Waals surface area contributed by atoms with Gasteiger partial charge < -0.3 is 15.6 Å². The van der Waals surface area contributed by atoms with Crippen LogP contribution in [0.1, 0.15) is 57.1 Å². The minimum Gasteiger partial charge on any atom is -0.366 e. The van der Waals surface area contributed by atoms with Crippen LogP contribution in [0.2, 0.25) is 0 Å². The Kier molecular flexibility index (Phi) is 8.18. The first-order chi connectivity index (χ1) is 21.6. The summed E-state index contributed by atoms with van der Waals surface area (Å²) in [6.45, 7) is 4.61. The molecule has 0 fully saturated rings. The van der Waals surface area contributed by atoms with E-state index in [0.717, 1.165) is 22.5 Å². The number of amides is 2. The highest BCUT2D eigenvalue weighted by molar-refractivity contribution is 6.11. The zero-order valence-electron chi connectivity index (χ0n) is 25.0. The third kappa shape index (κ3) is 6.20. The minimum absolute atomic E-state index is 0.181. The lowest BCUT2D eigenvalue weighted by Gasteiger charge is -2.29. The van der Waals surface area contributed by atoms with Gasteiger partial charge in [0.2, 0.25) is 0 Å². The maximum atomic E-state index is 13.8. The molecule has 2 aromatic heterocycles. The predicted octanol–water partition coefficient (Wildman–Crippen LogP) is 6.56. The first kappa shape index (κ1) is 30.1. The molecule has 1 aliphatic rings. The van der Waals surface area contributed by atoms with Crippen LogP contribution in [0.25, 0.3) is 22.0 Å². The van der Waals surface area contributed by atoms with Gasteiger partial charge in [-0.2, -0.15) is 0 Å². The summed E-state index contributed by atoms with van der Waals surface area (Å²) in [6, 6.07) is 17.5. The first-order valence-electron chi connectivity index (χ1n) is 15.0. The molecule has 9 heteroatoms. The lowest BCUT2D eigenvalue weighted by atomic mass is 9.85. The highest BCUT2D eigenvalue weighted by Crippen LogP contribution is 2.36. The molecule has 0 saturated heterocycles. The van der Waals surface area contributed by atoms with Crippen molar-refractivity contribution in [3.8, 4) is 11.1 Å². The highest BCUT2D eigenvalue weighted by atomic mass is 19.2. The molecule has 0 spiro atoms. The molecule has 1 aliphatic heterocycles. The largest absolute Gasteiger partial charge is 0.366 e. The van der Waals surface area contributed by atoms with E-state index in [2.05, 4.69) is 5.32 Å². The van der Waals surface area contributed by atoms with Crippen LogP contribution in [-0.2, 0) is 32.2 Å². The number of benzene rings is 3. The average Bonchev–Trinajstić information content (AvgIpc) is 3.40. The average molecular weight is 611 g/mol. The molecule has 0 bridgehead atoms. The number of fused-ring (bicyclic) bond motifs is 2. The fraction of sp³-hybridized carbons (Fsp3) is 0.250. The molecule has 5 aromatic rings. The second-order valence-electron chi connectivity index (χ2n) is 12.1. The number of nitrogens with zero attached hydrogens (tertiary/aromatic N) is 2. The number of rotatable bonds is 9. The van der Waals surface area contributed by atoms with Crippen LogP contribution in [-0.4, -0.2) is 27.4 Å². The number of nitrogens with one attached hydrogen (secondary N) is 1. The Hall–Kier alpha value is -4.92. The van der Waals surface area contributed by atoms with Gasteiger partial charge in [-0.25, -0.2) is 13.2 Å². The zero-order valence-corrected chi connectivity index (χ0v) is 25.0. The standard InChI is InChI=1S/C36H33F3N4O2/c1-20(2)15-29-33(35(40)44)32(34-30(42-29)19-26(41-36(34)45)16-21-3-7-25(37)8-4-21)24-6-10-31-23(18-24)12-14-43(31)13-11-22-5-9-27(38)28(39)17-22/h3-10,12,14,17-18,20,26H,11,13,15-16,19H2,1-2H3,(H2,40,44)(H,41,45)/t26-/m1/s1. The number of aryl methyl sites for hydroxylation is 2. The van der Waals surface area contributed by atoms with Gasteiger partial charge in [0.15, 0.2) is 11.6 Å². The van der Waals surface area contributed by atoms with Gasteiger partial charge in [-0.15, -0.1) is 0 Å². The van der Waals surface area contributed by atoms with Crippen molar-refractivity contribution in [3.05, 3.63) is 124 Å². The second-order valence-corrected chi connectivity index (χ2v) is 12.1. The molecule has 0 aliphatic carbocycles. The van der Waals surface area contributed by atoms with Gasteiger partial charge in [-0.05, 0) is 84.3 Å². The number of primary amides is 1. The molecule has 2 amide bonds. The van der Waals surface area contributed by atoms with Crippen LogP contribution >= 0.6 is 0 Å². The van der Waals surface area contributed by atoms with Crippen molar-refractivity contribution in [2.75, 3.05) is 0 Å². The Morgan fingerprint density at radius 1 is 0.978 bits per heavy atom. The molecule has 0 radical (unpaired) electrons. The lowest BCUT2D eigenvalue weighted by molar-refractivity contribution is 0.0924. The molecular weight excluding hydrogens is 577 g/mol. The molecule has 3 N–H and O–H groups in total. The van der Waals surface area contributed by atoms with Crippen LogP contribution in [0.4, 0.5) is 13.2 Å². The third-order valence-corrected chi connectivity index (χ3v) is 8.28. The van der Waals surface area contributed by atoms with E-state index in [0.29, 0.717) is 65.9 Å². The van der Waals surface area contributed by atoms with Crippen LogP contribution in [0.3, 0.4) is 0 Å². The van der Waals surface area contributed by atoms with Crippen molar-refractivity contribution < 1.29 is 22.8 Å². The van der Waals surface area contributed by atoms with Gasteiger partial charge in [0, 0.05) is 41.7 Å². The number of carbonyl (C=O) groups excluding carboxylic acids is 2. The normalized spacial score (nSPS) is 14.5. The fourth-order valence-electron chi connectivity index (χ4n) is 6.23.